The molecular formula is C16H24B2O4. The number of para-hydroxylation sites is 2. The van der Waals surface area contributed by atoms with Crippen LogP contribution in [0.1, 0.15) is 33.6 Å². The van der Waals surface area contributed by atoms with E-state index in [9.17, 15) is 0 Å². The fraction of sp³-hybridized carbons (Fsp3) is 0.625. The Bertz CT molecular complexity index is 476. The molecule has 2 heterocycles. The standard InChI is InChI=1S/C16H24B2O4/c1-13(2)18-19-11-16(3,12-20-18)9-6-10-17-21-14-7-4-5-8-15(14)22-17/h4-5,7-8,13H,6,9-12H2,1-3H3. The van der Waals surface area contributed by atoms with Crippen molar-refractivity contribution in [3.8, 4) is 11.5 Å². The van der Waals surface area contributed by atoms with Gasteiger partial charge in [0.1, 0.15) is 11.5 Å². The van der Waals surface area contributed by atoms with Crippen LogP contribution in [0.25, 0.3) is 0 Å². The summed E-state index contributed by atoms with van der Waals surface area (Å²) in [7, 11) is -0.209. The van der Waals surface area contributed by atoms with E-state index in [2.05, 4.69) is 20.8 Å². The molecule has 1 aromatic rings. The van der Waals surface area contributed by atoms with Gasteiger partial charge < -0.3 is 18.6 Å². The van der Waals surface area contributed by atoms with Gasteiger partial charge in [-0.15, -0.1) is 0 Å². The lowest BCUT2D eigenvalue weighted by atomic mass is 9.70. The average molecular weight is 302 g/mol. The van der Waals surface area contributed by atoms with Crippen LogP contribution in [0.15, 0.2) is 24.3 Å². The summed E-state index contributed by atoms with van der Waals surface area (Å²) in [4.78, 5) is 0. The van der Waals surface area contributed by atoms with Gasteiger partial charge in [-0.2, -0.15) is 0 Å². The molecule has 0 aromatic heterocycles. The Morgan fingerprint density at radius 3 is 2.23 bits per heavy atom. The van der Waals surface area contributed by atoms with Gasteiger partial charge in [0.15, 0.2) is 0 Å². The normalized spacial score (nSPS) is 19.8. The first-order valence-electron chi connectivity index (χ1n) is 8.21. The zero-order valence-corrected chi connectivity index (χ0v) is 13.7. The van der Waals surface area contributed by atoms with E-state index in [0.717, 1.165) is 43.9 Å². The van der Waals surface area contributed by atoms with Crippen molar-refractivity contribution < 1.29 is 18.6 Å². The molecule has 0 amide bonds. The van der Waals surface area contributed by atoms with Crippen LogP contribution in [0.2, 0.25) is 12.1 Å². The van der Waals surface area contributed by atoms with E-state index in [-0.39, 0.29) is 19.7 Å². The molecule has 118 valence electrons. The highest BCUT2D eigenvalue weighted by Crippen LogP contribution is 2.35. The van der Waals surface area contributed by atoms with Gasteiger partial charge in [0.25, 0.3) is 0 Å². The van der Waals surface area contributed by atoms with Crippen LogP contribution < -0.4 is 9.31 Å². The summed E-state index contributed by atoms with van der Waals surface area (Å²) >= 11 is 0. The van der Waals surface area contributed by atoms with E-state index in [1.54, 1.807) is 0 Å². The van der Waals surface area contributed by atoms with Gasteiger partial charge in [-0.1, -0.05) is 39.3 Å². The topological polar surface area (TPSA) is 36.9 Å². The lowest BCUT2D eigenvalue weighted by Crippen LogP contribution is -2.43. The Kier molecular flexibility index (Phi) is 4.69. The monoisotopic (exact) mass is 302 g/mol. The van der Waals surface area contributed by atoms with Crippen molar-refractivity contribution in [3.05, 3.63) is 24.3 Å². The number of benzene rings is 1. The van der Waals surface area contributed by atoms with Gasteiger partial charge in [-0.25, -0.2) is 0 Å². The zero-order valence-electron chi connectivity index (χ0n) is 13.7. The first kappa shape index (κ1) is 15.8. The fourth-order valence-electron chi connectivity index (χ4n) is 2.95. The number of hydrogen-bond donors (Lipinski definition) is 0. The molecule has 2 aliphatic rings. The summed E-state index contributed by atoms with van der Waals surface area (Å²) in [6.45, 7) is 8.01. The largest absolute Gasteiger partial charge is 0.594 e. The molecule has 1 fully saturated rings. The van der Waals surface area contributed by atoms with E-state index < -0.39 is 0 Å². The SMILES string of the molecule is CC(C)B1OCC(C)(CCCB2Oc3ccccc3O2)CO1. The van der Waals surface area contributed by atoms with Gasteiger partial charge in [0.05, 0.1) is 0 Å². The number of hydrogen-bond acceptors (Lipinski definition) is 4. The Hall–Kier alpha value is -1.13. The highest BCUT2D eigenvalue weighted by atomic mass is 16.6. The minimum atomic E-state index is -0.158. The van der Waals surface area contributed by atoms with E-state index >= 15 is 0 Å². The minimum absolute atomic E-state index is 0.0518. The molecule has 22 heavy (non-hydrogen) atoms. The molecule has 0 bridgehead atoms. The zero-order chi connectivity index (χ0) is 15.6. The first-order valence-corrected chi connectivity index (χ1v) is 8.21. The molecule has 0 radical (unpaired) electrons. The van der Waals surface area contributed by atoms with E-state index in [1.165, 1.54) is 0 Å². The lowest BCUT2D eigenvalue weighted by Gasteiger charge is -2.37. The van der Waals surface area contributed by atoms with Gasteiger partial charge in [0.2, 0.25) is 0 Å². The van der Waals surface area contributed by atoms with Crippen LogP contribution in [0, 0.1) is 5.41 Å². The van der Waals surface area contributed by atoms with E-state index in [0.29, 0.717) is 5.82 Å². The molecule has 0 atom stereocenters. The molecule has 0 aliphatic carbocycles. The second-order valence-corrected chi connectivity index (χ2v) is 7.05. The van der Waals surface area contributed by atoms with Crippen LogP contribution >= 0.6 is 0 Å². The quantitative estimate of drug-likeness (QED) is 0.778. The first-order chi connectivity index (χ1) is 10.6. The van der Waals surface area contributed by atoms with Crippen molar-refractivity contribution in [2.24, 2.45) is 5.41 Å². The van der Waals surface area contributed by atoms with Crippen LogP contribution in [-0.4, -0.2) is 27.5 Å². The molecule has 0 saturated carbocycles. The molecule has 4 nitrogen and oxygen atoms in total. The second kappa shape index (κ2) is 6.55. The van der Waals surface area contributed by atoms with Crippen LogP contribution in [-0.2, 0) is 9.31 Å². The van der Waals surface area contributed by atoms with Gasteiger partial charge >= 0.3 is 14.2 Å². The maximum Gasteiger partial charge on any atom is 0.594 e. The molecule has 0 spiro atoms. The van der Waals surface area contributed by atoms with Gasteiger partial charge in [0, 0.05) is 24.9 Å². The highest BCUT2D eigenvalue weighted by Gasteiger charge is 2.38. The fourth-order valence-corrected chi connectivity index (χ4v) is 2.95. The van der Waals surface area contributed by atoms with Crippen molar-refractivity contribution in [3.63, 3.8) is 0 Å². The summed E-state index contributed by atoms with van der Waals surface area (Å²) in [5, 5.41) is 0. The summed E-state index contributed by atoms with van der Waals surface area (Å²) < 4.78 is 23.3. The summed E-state index contributed by atoms with van der Waals surface area (Å²) in [6.07, 6.45) is 2.98. The second-order valence-electron chi connectivity index (χ2n) is 7.05. The van der Waals surface area contributed by atoms with E-state index in [1.807, 2.05) is 24.3 Å². The van der Waals surface area contributed by atoms with Crippen molar-refractivity contribution in [1.82, 2.24) is 0 Å². The summed E-state index contributed by atoms with van der Waals surface area (Å²) in [5.41, 5.74) is 0.0941. The predicted molar refractivity (Wildman–Crippen MR) is 88.4 cm³/mol. The Balaban J connectivity index is 1.41. The predicted octanol–water partition coefficient (Wildman–Crippen LogP) is 3.68. The van der Waals surface area contributed by atoms with Crippen LogP contribution in [0.3, 0.4) is 0 Å². The van der Waals surface area contributed by atoms with Crippen LogP contribution in [0.4, 0.5) is 0 Å². The molecule has 2 aliphatic heterocycles. The van der Waals surface area contributed by atoms with Gasteiger partial charge in [-0.3, -0.25) is 0 Å². The molecule has 0 unspecified atom stereocenters. The van der Waals surface area contributed by atoms with Crippen molar-refractivity contribution in [2.45, 2.75) is 45.8 Å². The van der Waals surface area contributed by atoms with Crippen LogP contribution in [0.5, 0.6) is 11.5 Å². The molecule has 3 rings (SSSR count). The molecule has 1 aromatic carbocycles. The minimum Gasteiger partial charge on any atom is -0.523 e. The van der Waals surface area contributed by atoms with E-state index in [4.69, 9.17) is 18.6 Å². The third-order valence-corrected chi connectivity index (χ3v) is 4.32. The highest BCUT2D eigenvalue weighted by molar-refractivity contribution is 6.47. The number of fused-ring (bicyclic) bond motifs is 1. The maximum absolute atomic E-state index is 5.84. The lowest BCUT2D eigenvalue weighted by molar-refractivity contribution is 0.00771. The Labute approximate surface area is 133 Å². The Morgan fingerprint density at radius 2 is 1.68 bits per heavy atom. The molecule has 0 N–H and O–H groups in total. The maximum atomic E-state index is 5.84. The third kappa shape index (κ3) is 3.61. The molecule has 1 saturated heterocycles. The molecular weight excluding hydrogens is 278 g/mol. The van der Waals surface area contributed by atoms with Crippen molar-refractivity contribution >= 4 is 14.2 Å². The molecule has 6 heteroatoms. The van der Waals surface area contributed by atoms with Gasteiger partial charge in [-0.05, 0) is 24.4 Å². The Morgan fingerprint density at radius 1 is 1.09 bits per heavy atom. The van der Waals surface area contributed by atoms with Crippen molar-refractivity contribution in [2.75, 3.05) is 13.2 Å². The summed E-state index contributed by atoms with van der Waals surface area (Å²) in [6, 6.07) is 7.83. The van der Waals surface area contributed by atoms with Crippen molar-refractivity contribution in [1.29, 1.82) is 0 Å². The summed E-state index contributed by atoms with van der Waals surface area (Å²) in [5.74, 6) is 2.11. The number of rotatable bonds is 5. The average Bonchev–Trinajstić information content (AvgIpc) is 2.90. The smallest absolute Gasteiger partial charge is 0.523 e. The third-order valence-electron chi connectivity index (χ3n) is 4.32.